The quantitative estimate of drug-likeness (QED) is 0.540. The summed E-state index contributed by atoms with van der Waals surface area (Å²) in [6.45, 7) is 6.28. The summed E-state index contributed by atoms with van der Waals surface area (Å²) in [5, 5.41) is 6.17. The lowest BCUT2D eigenvalue weighted by atomic mass is 9.84. The second-order valence-electron chi connectivity index (χ2n) is 7.99. The van der Waals surface area contributed by atoms with E-state index in [4.69, 9.17) is 4.99 Å². The van der Waals surface area contributed by atoms with E-state index < -0.39 is 7.80 Å². The lowest BCUT2D eigenvalue weighted by molar-refractivity contribution is 0.594. The summed E-state index contributed by atoms with van der Waals surface area (Å²) in [5.74, 6) is 0.662. The summed E-state index contributed by atoms with van der Waals surface area (Å²) in [4.78, 5) is 6.90. The summed E-state index contributed by atoms with van der Waals surface area (Å²) in [6.07, 6.45) is 1.78. The number of hydrogen-bond donors (Lipinski definition) is 0. The Morgan fingerprint density at radius 2 is 1.69 bits per heavy atom. The van der Waals surface area contributed by atoms with Gasteiger partial charge in [-0.15, -0.1) is 0 Å². The van der Waals surface area contributed by atoms with Crippen LogP contribution in [0.1, 0.15) is 25.1 Å². The third-order valence-electron chi connectivity index (χ3n) is 5.85. The number of aromatic nitrogens is 2. The first-order valence-electron chi connectivity index (χ1n) is 9.65. The molecule has 0 fully saturated rings. The van der Waals surface area contributed by atoms with E-state index in [-0.39, 0.29) is 5.41 Å². The fraction of sp³-hybridized carbons (Fsp3) is 0.217. The molecule has 0 N–H and O–H groups in total. The van der Waals surface area contributed by atoms with Gasteiger partial charge in [0.1, 0.15) is 5.69 Å². The Hall–Kier alpha value is -3.04. The van der Waals surface area contributed by atoms with Gasteiger partial charge < -0.3 is 4.90 Å². The van der Waals surface area contributed by atoms with Crippen LogP contribution in [0.15, 0.2) is 70.6 Å². The van der Waals surface area contributed by atoms with Gasteiger partial charge in [-0.05, 0) is 44.5 Å². The van der Waals surface area contributed by atoms with Crippen LogP contribution in [0.5, 0.6) is 0 Å². The summed E-state index contributed by atoms with van der Waals surface area (Å²) < 4.78 is 15.6. The third-order valence-corrected chi connectivity index (χ3v) is 7.54. The highest BCUT2D eigenvalue weighted by molar-refractivity contribution is 7.60. The highest BCUT2D eigenvalue weighted by Crippen LogP contribution is 2.52. The van der Waals surface area contributed by atoms with Crippen molar-refractivity contribution >= 4 is 30.8 Å². The number of anilines is 1. The van der Waals surface area contributed by atoms with Gasteiger partial charge in [-0.2, -0.15) is 5.10 Å². The number of likely N-dealkylation sites (N-methyl/N-ethyl adjacent to an activating group) is 1. The molecule has 0 saturated carbocycles. The Bertz CT molecular complexity index is 1220. The van der Waals surface area contributed by atoms with E-state index in [1.165, 1.54) is 5.56 Å². The summed E-state index contributed by atoms with van der Waals surface area (Å²) in [7, 11) is 0.240. The van der Waals surface area contributed by atoms with Crippen molar-refractivity contribution in [2.75, 3.05) is 11.9 Å². The molecular formula is C23H22N4OP+. The molecule has 29 heavy (non-hydrogen) atoms. The van der Waals surface area contributed by atoms with E-state index >= 15 is 0 Å². The van der Waals surface area contributed by atoms with E-state index in [9.17, 15) is 4.57 Å². The molecule has 1 unspecified atom stereocenters. The Morgan fingerprint density at radius 3 is 2.41 bits per heavy atom. The van der Waals surface area contributed by atoms with Gasteiger partial charge >= 0.3 is 7.80 Å². The van der Waals surface area contributed by atoms with E-state index in [1.807, 2.05) is 50.4 Å². The minimum atomic E-state index is -1.80. The Balaban J connectivity index is 1.70. The van der Waals surface area contributed by atoms with E-state index in [2.05, 4.69) is 42.0 Å². The maximum atomic E-state index is 13.8. The second kappa shape index (κ2) is 6.23. The minimum absolute atomic E-state index is 0.251. The maximum Gasteiger partial charge on any atom is 0.424 e. The highest BCUT2D eigenvalue weighted by Gasteiger charge is 2.48. The molecule has 0 saturated heterocycles. The summed E-state index contributed by atoms with van der Waals surface area (Å²) in [6, 6.07) is 18.2. The molecule has 0 aliphatic carbocycles. The molecule has 0 bridgehead atoms. The summed E-state index contributed by atoms with van der Waals surface area (Å²) >= 11 is 0. The van der Waals surface area contributed by atoms with Crippen molar-refractivity contribution in [2.24, 2.45) is 4.99 Å². The molecule has 3 heterocycles. The molecule has 1 atom stereocenters. The normalized spacial score (nSPS) is 20.7. The van der Waals surface area contributed by atoms with Gasteiger partial charge in [-0.3, -0.25) is 0 Å². The first-order chi connectivity index (χ1) is 13.9. The summed E-state index contributed by atoms with van der Waals surface area (Å²) in [5.41, 5.74) is 4.86. The lowest BCUT2D eigenvalue weighted by Crippen LogP contribution is -2.26. The van der Waals surface area contributed by atoms with Crippen LogP contribution in [0.25, 0.3) is 5.69 Å². The number of aliphatic imine (C=N–C) groups is 1. The number of hydrogen-bond acceptors (Lipinski definition) is 4. The predicted molar refractivity (Wildman–Crippen MR) is 119 cm³/mol. The van der Waals surface area contributed by atoms with Crippen LogP contribution in [0.3, 0.4) is 0 Å². The van der Waals surface area contributed by atoms with Crippen molar-refractivity contribution in [2.45, 2.75) is 26.2 Å². The molecule has 2 aliphatic heterocycles. The van der Waals surface area contributed by atoms with Gasteiger partial charge in [0, 0.05) is 18.2 Å². The molecular weight excluding hydrogens is 379 g/mol. The molecule has 5 nitrogen and oxygen atoms in total. The Kier molecular flexibility index (Phi) is 3.87. The Labute approximate surface area is 171 Å². The number of nitrogens with zero attached hydrogens (tertiary/aromatic N) is 4. The van der Waals surface area contributed by atoms with E-state index in [1.54, 1.807) is 10.9 Å². The molecule has 2 aliphatic rings. The van der Waals surface area contributed by atoms with E-state index in [0.29, 0.717) is 5.82 Å². The van der Waals surface area contributed by atoms with Gasteiger partial charge in [-0.25, -0.2) is 9.67 Å². The second-order valence-corrected chi connectivity index (χ2v) is 9.51. The van der Waals surface area contributed by atoms with Crippen LogP contribution in [-0.4, -0.2) is 23.0 Å². The lowest BCUT2D eigenvalue weighted by Gasteiger charge is -2.23. The standard InChI is InChI=1S/C23H22N4OP/c1-15-20-22(27(25-15)16-10-6-5-7-11-16)24-14-19(29(20)28)21-23(2,3)17-12-8-9-13-18(17)26(21)4/h5-14H,1-4H3/q+1. The average Bonchev–Trinajstić information content (AvgIpc) is 3.16. The first-order valence-corrected chi connectivity index (χ1v) is 10.9. The van der Waals surface area contributed by atoms with Crippen LogP contribution >= 0.6 is 7.80 Å². The van der Waals surface area contributed by atoms with Gasteiger partial charge in [0.15, 0.2) is 0 Å². The molecule has 0 amide bonds. The Morgan fingerprint density at radius 1 is 1.00 bits per heavy atom. The molecule has 3 aromatic rings. The van der Waals surface area contributed by atoms with Gasteiger partial charge in [0.25, 0.3) is 5.30 Å². The molecule has 0 radical (unpaired) electrons. The molecule has 144 valence electrons. The number of fused-ring (bicyclic) bond motifs is 2. The third kappa shape index (κ3) is 2.47. The van der Waals surface area contributed by atoms with Crippen LogP contribution in [0, 0.1) is 6.92 Å². The number of aryl methyl sites for hydroxylation is 1. The predicted octanol–water partition coefficient (Wildman–Crippen LogP) is 4.99. The first kappa shape index (κ1) is 18.0. The highest BCUT2D eigenvalue weighted by atomic mass is 31.1. The van der Waals surface area contributed by atoms with Crippen molar-refractivity contribution in [3.8, 4) is 5.69 Å². The smallest absolute Gasteiger partial charge is 0.343 e. The molecule has 5 rings (SSSR count). The van der Waals surface area contributed by atoms with Crippen molar-refractivity contribution in [1.29, 1.82) is 0 Å². The fourth-order valence-corrected chi connectivity index (χ4v) is 6.21. The van der Waals surface area contributed by atoms with Gasteiger partial charge in [-0.1, -0.05) is 41.0 Å². The number of rotatable bonds is 1. The van der Waals surface area contributed by atoms with Gasteiger partial charge in [0.2, 0.25) is 11.1 Å². The fourth-order valence-electron chi connectivity index (χ4n) is 4.52. The van der Waals surface area contributed by atoms with Crippen LogP contribution in [0.2, 0.25) is 0 Å². The van der Waals surface area contributed by atoms with Crippen molar-refractivity contribution in [3.05, 3.63) is 76.9 Å². The molecule has 2 aromatic carbocycles. The number of para-hydroxylation sites is 2. The number of benzene rings is 2. The monoisotopic (exact) mass is 401 g/mol. The average molecular weight is 401 g/mol. The van der Waals surface area contributed by atoms with Crippen molar-refractivity contribution in [1.82, 2.24) is 9.78 Å². The number of allylic oxidation sites excluding steroid dienone is 2. The van der Waals surface area contributed by atoms with Gasteiger partial charge in [0.05, 0.1) is 17.6 Å². The molecule has 0 spiro atoms. The van der Waals surface area contributed by atoms with Crippen LogP contribution in [-0.2, 0) is 9.98 Å². The zero-order valence-electron chi connectivity index (χ0n) is 16.9. The molecule has 6 heteroatoms. The van der Waals surface area contributed by atoms with Crippen LogP contribution < -0.4 is 10.2 Å². The zero-order valence-corrected chi connectivity index (χ0v) is 17.8. The van der Waals surface area contributed by atoms with Crippen molar-refractivity contribution < 1.29 is 4.57 Å². The minimum Gasteiger partial charge on any atom is -0.343 e. The maximum absolute atomic E-state index is 13.8. The zero-order chi connectivity index (χ0) is 20.3. The van der Waals surface area contributed by atoms with E-state index in [0.717, 1.165) is 33.4 Å². The molecule has 1 aromatic heterocycles. The largest absolute Gasteiger partial charge is 0.424 e. The SMILES string of the molecule is Cc1nn(-c2ccccc2)c2c1[P+](=O)C(=C1N(C)c3ccccc3C1(C)C)C=N2. The topological polar surface area (TPSA) is 50.5 Å². The van der Waals surface area contributed by atoms with Crippen LogP contribution in [0.4, 0.5) is 11.5 Å². The van der Waals surface area contributed by atoms with Crippen molar-refractivity contribution in [3.63, 3.8) is 0 Å².